The molecule has 194 valence electrons. The molecule has 5 heterocycles. The van der Waals surface area contributed by atoms with E-state index in [0.29, 0.717) is 49.2 Å². The highest BCUT2D eigenvalue weighted by atomic mass is 16.6. The molecule has 3 saturated heterocycles. The van der Waals surface area contributed by atoms with Crippen molar-refractivity contribution in [3.8, 4) is 5.75 Å². The largest absolute Gasteiger partial charge is 0.449 e. The van der Waals surface area contributed by atoms with Gasteiger partial charge in [-0.05, 0) is 68.8 Å². The molecular weight excluding hydrogens is 456 g/mol. The second-order valence-electron chi connectivity index (χ2n) is 11.1. The Labute approximate surface area is 213 Å². The second-order valence-corrected chi connectivity index (χ2v) is 11.1. The van der Waals surface area contributed by atoms with Crippen molar-refractivity contribution < 1.29 is 19.1 Å². The lowest BCUT2D eigenvalue weighted by molar-refractivity contribution is -0.0141. The molecule has 1 aliphatic carbocycles. The van der Waals surface area contributed by atoms with Crippen LogP contribution in [0.25, 0.3) is 10.9 Å². The van der Waals surface area contributed by atoms with E-state index < -0.39 is 0 Å². The Morgan fingerprint density at radius 1 is 1.03 bits per heavy atom. The summed E-state index contributed by atoms with van der Waals surface area (Å²) >= 11 is 0. The van der Waals surface area contributed by atoms with E-state index >= 15 is 0 Å². The zero-order chi connectivity index (χ0) is 25.0. The highest BCUT2D eigenvalue weighted by Crippen LogP contribution is 2.52. The van der Waals surface area contributed by atoms with E-state index in [1.165, 1.54) is 24.9 Å². The number of rotatable bonds is 3. The van der Waals surface area contributed by atoms with Crippen molar-refractivity contribution in [3.05, 3.63) is 29.5 Å². The van der Waals surface area contributed by atoms with Crippen LogP contribution in [0, 0.1) is 11.8 Å². The summed E-state index contributed by atoms with van der Waals surface area (Å²) in [7, 11) is 2.07. The van der Waals surface area contributed by atoms with E-state index in [-0.39, 0.29) is 12.2 Å². The molecule has 4 aliphatic heterocycles. The minimum Gasteiger partial charge on any atom is -0.449 e. The van der Waals surface area contributed by atoms with Gasteiger partial charge in [0, 0.05) is 62.3 Å². The first-order valence-corrected chi connectivity index (χ1v) is 13.7. The van der Waals surface area contributed by atoms with Gasteiger partial charge in [-0.25, -0.2) is 14.2 Å². The van der Waals surface area contributed by atoms with Crippen molar-refractivity contribution in [2.75, 3.05) is 52.9 Å². The van der Waals surface area contributed by atoms with E-state index in [1.54, 1.807) is 4.90 Å². The van der Waals surface area contributed by atoms with Gasteiger partial charge in [0.05, 0.1) is 12.1 Å². The van der Waals surface area contributed by atoms with Gasteiger partial charge in [-0.15, -0.1) is 0 Å². The van der Waals surface area contributed by atoms with Gasteiger partial charge in [-0.1, -0.05) is 13.3 Å². The molecule has 0 N–H and O–H groups in total. The number of fused-ring (bicyclic) bond motifs is 4. The molecule has 8 heteroatoms. The molecule has 1 aromatic carbocycles. The molecule has 4 fully saturated rings. The third-order valence-corrected chi connectivity index (χ3v) is 9.06. The van der Waals surface area contributed by atoms with Crippen molar-refractivity contribution >= 4 is 23.1 Å². The number of aromatic nitrogens is 1. The number of ether oxygens (including phenoxy) is 2. The van der Waals surface area contributed by atoms with Crippen molar-refractivity contribution in [2.24, 2.45) is 11.8 Å². The molecule has 5 atom stereocenters. The quantitative estimate of drug-likeness (QED) is 0.639. The second kappa shape index (κ2) is 9.38. The summed E-state index contributed by atoms with van der Waals surface area (Å²) in [6.45, 7) is 9.73. The number of carbonyl (C=O) groups excluding carboxylic acids is 2. The van der Waals surface area contributed by atoms with Crippen molar-refractivity contribution in [3.63, 3.8) is 0 Å². The molecule has 36 heavy (non-hydrogen) atoms. The fourth-order valence-electron chi connectivity index (χ4n) is 7.43. The molecule has 1 unspecified atom stereocenters. The van der Waals surface area contributed by atoms with E-state index in [0.717, 1.165) is 49.1 Å². The average Bonchev–Trinajstić information content (AvgIpc) is 3.15. The first-order chi connectivity index (χ1) is 17.5. The van der Waals surface area contributed by atoms with E-state index in [1.807, 2.05) is 29.7 Å². The lowest BCUT2D eigenvalue weighted by atomic mass is 9.65. The molecule has 0 radical (unpaired) electrons. The minimum atomic E-state index is -0.302. The highest BCUT2D eigenvalue weighted by molar-refractivity contribution is 5.95. The van der Waals surface area contributed by atoms with Crippen LogP contribution >= 0.6 is 0 Å². The third-order valence-electron chi connectivity index (χ3n) is 9.06. The topological polar surface area (TPSA) is 67.2 Å². The van der Waals surface area contributed by atoms with Crippen LogP contribution in [-0.4, -0.2) is 90.4 Å². The van der Waals surface area contributed by atoms with Crippen molar-refractivity contribution in [1.29, 1.82) is 0 Å². The molecule has 0 spiro atoms. The normalized spacial score (nSPS) is 29.6. The predicted molar refractivity (Wildman–Crippen MR) is 138 cm³/mol. The van der Waals surface area contributed by atoms with Gasteiger partial charge in [0.25, 0.3) is 0 Å². The number of nitrogens with zero attached hydrogens (tertiary/aromatic N) is 4. The molecule has 8 nitrogen and oxygen atoms in total. The fourth-order valence-corrected chi connectivity index (χ4v) is 7.43. The maximum atomic E-state index is 13.3. The average molecular weight is 495 g/mol. The molecular formula is C28H38N4O4. The monoisotopic (exact) mass is 494 g/mol. The molecule has 1 saturated carbocycles. The molecule has 4 bridgehead atoms. The van der Waals surface area contributed by atoms with Crippen LogP contribution in [0.2, 0.25) is 0 Å². The summed E-state index contributed by atoms with van der Waals surface area (Å²) in [4.78, 5) is 32.9. The maximum absolute atomic E-state index is 13.3. The molecule has 7 rings (SSSR count). The fraction of sp³-hybridized carbons (Fsp3) is 0.643. The first-order valence-electron chi connectivity index (χ1n) is 13.7. The zero-order valence-corrected chi connectivity index (χ0v) is 21.7. The van der Waals surface area contributed by atoms with Crippen molar-refractivity contribution in [2.45, 2.75) is 51.5 Å². The van der Waals surface area contributed by atoms with Crippen molar-refractivity contribution in [1.82, 2.24) is 19.3 Å². The van der Waals surface area contributed by atoms with Gasteiger partial charge >= 0.3 is 12.2 Å². The van der Waals surface area contributed by atoms with Gasteiger partial charge in [-0.2, -0.15) is 0 Å². The lowest BCUT2D eigenvalue weighted by Gasteiger charge is -2.53. The Bertz CT molecular complexity index is 1170. The van der Waals surface area contributed by atoms with Gasteiger partial charge in [0.1, 0.15) is 5.75 Å². The third kappa shape index (κ3) is 3.89. The lowest BCUT2D eigenvalue weighted by Crippen LogP contribution is -2.56. The summed E-state index contributed by atoms with van der Waals surface area (Å²) in [5.41, 5.74) is 3.23. The van der Waals surface area contributed by atoms with Crippen LogP contribution in [0.15, 0.2) is 18.2 Å². The Kier molecular flexibility index (Phi) is 6.20. The summed E-state index contributed by atoms with van der Waals surface area (Å²) in [6, 6.07) is 6.20. The van der Waals surface area contributed by atoms with Crippen LogP contribution in [0.5, 0.6) is 5.75 Å². The number of amides is 1. The number of piperidine rings is 2. The van der Waals surface area contributed by atoms with Crippen LogP contribution in [0.1, 0.15) is 50.3 Å². The SMILES string of the molecule is CCOC(=O)n1c2c(c3cc(OC(=O)N4CCN(C)CC4)ccc31)CCN1C[C@@H]3C[C@H](CC)[C@H]1[C@H]2C3. The number of carbonyl (C=O) groups is 2. The molecule has 2 aromatic rings. The van der Waals surface area contributed by atoms with Crippen LogP contribution < -0.4 is 4.74 Å². The molecule has 5 aliphatic rings. The zero-order valence-electron chi connectivity index (χ0n) is 21.7. The van der Waals surface area contributed by atoms with E-state index in [2.05, 4.69) is 23.8 Å². The Balaban J connectivity index is 1.40. The predicted octanol–water partition coefficient (Wildman–Crippen LogP) is 4.15. The number of hydrogen-bond acceptors (Lipinski definition) is 6. The molecule has 1 aromatic heterocycles. The van der Waals surface area contributed by atoms with E-state index in [4.69, 9.17) is 9.47 Å². The number of hydrogen-bond donors (Lipinski definition) is 0. The van der Waals surface area contributed by atoms with Gasteiger partial charge in [-0.3, -0.25) is 4.90 Å². The highest BCUT2D eigenvalue weighted by Gasteiger charge is 2.50. The summed E-state index contributed by atoms with van der Waals surface area (Å²) in [6.07, 6.45) is 3.90. The van der Waals surface area contributed by atoms with E-state index in [9.17, 15) is 9.59 Å². The number of piperazine rings is 1. The van der Waals surface area contributed by atoms with Gasteiger partial charge in [0.15, 0.2) is 0 Å². The summed E-state index contributed by atoms with van der Waals surface area (Å²) < 4.78 is 13.3. The Morgan fingerprint density at radius 2 is 1.83 bits per heavy atom. The summed E-state index contributed by atoms with van der Waals surface area (Å²) in [5.74, 6) is 2.22. The minimum absolute atomic E-state index is 0.297. The van der Waals surface area contributed by atoms with Crippen LogP contribution in [0.4, 0.5) is 9.59 Å². The number of benzene rings is 1. The Hall–Kier alpha value is -2.58. The summed E-state index contributed by atoms with van der Waals surface area (Å²) in [5, 5.41) is 1.01. The number of likely N-dealkylation sites (N-methyl/N-ethyl adjacent to an activating group) is 1. The first kappa shape index (κ1) is 23.8. The van der Waals surface area contributed by atoms with Gasteiger partial charge < -0.3 is 19.3 Å². The van der Waals surface area contributed by atoms with Crippen LogP contribution in [0.3, 0.4) is 0 Å². The van der Waals surface area contributed by atoms with Gasteiger partial charge in [0.2, 0.25) is 0 Å². The Morgan fingerprint density at radius 3 is 2.58 bits per heavy atom. The maximum Gasteiger partial charge on any atom is 0.418 e. The molecule has 1 amide bonds. The standard InChI is InChI=1S/C28H38N4O4/c1-4-19-14-18-15-23-25(19)31(17-18)9-8-21-22-16-20(36-27(33)30-12-10-29(3)11-13-30)6-7-24(22)32(26(21)23)28(34)35-5-2/h6-7,16,18-19,23,25H,4-5,8-15,17H2,1-3H3/t18-,19+,23-,25+/m1/s1. The van der Waals surface area contributed by atoms with Crippen LogP contribution in [-0.2, 0) is 11.2 Å². The smallest absolute Gasteiger partial charge is 0.418 e.